The molecule has 0 aliphatic carbocycles. The van der Waals surface area contributed by atoms with Crippen LogP contribution in [-0.2, 0) is 0 Å². The number of aryl methyl sites for hydroxylation is 2. The summed E-state index contributed by atoms with van der Waals surface area (Å²) in [4.78, 5) is 2.48. The lowest BCUT2D eigenvalue weighted by molar-refractivity contribution is -0.0233. The summed E-state index contributed by atoms with van der Waals surface area (Å²) in [6.45, 7) is 11.4. The average Bonchev–Trinajstić information content (AvgIpc) is 2.38. The molecule has 1 aromatic rings. The number of aliphatic hydroxyl groups is 1. The Morgan fingerprint density at radius 2 is 1.81 bits per heavy atom. The number of benzene rings is 1. The number of ether oxygens (including phenoxy) is 1. The van der Waals surface area contributed by atoms with Crippen LogP contribution in [0.1, 0.15) is 43.0 Å². The van der Waals surface area contributed by atoms with Gasteiger partial charge in [0.05, 0.1) is 6.04 Å². The SMILES string of the molecule is Cc1cc(C)c2c(c1)OCC(O)C2N1CC(C)CC(C)C1. The number of likely N-dealkylation sites (tertiary alicyclic amines) is 1. The van der Waals surface area contributed by atoms with Crippen molar-refractivity contribution in [1.29, 1.82) is 0 Å². The molecule has 1 fully saturated rings. The van der Waals surface area contributed by atoms with Crippen LogP contribution in [0.4, 0.5) is 0 Å². The van der Waals surface area contributed by atoms with E-state index < -0.39 is 6.10 Å². The van der Waals surface area contributed by atoms with E-state index >= 15 is 0 Å². The molecule has 2 heterocycles. The highest BCUT2D eigenvalue weighted by atomic mass is 16.5. The summed E-state index contributed by atoms with van der Waals surface area (Å²) in [5, 5.41) is 10.6. The Hall–Kier alpha value is -1.06. The summed E-state index contributed by atoms with van der Waals surface area (Å²) in [6.07, 6.45) is 0.853. The fraction of sp³-hybridized carbons (Fsp3) is 0.667. The molecule has 3 heteroatoms. The fourth-order valence-electron chi connectivity index (χ4n) is 4.26. The van der Waals surface area contributed by atoms with Gasteiger partial charge in [0, 0.05) is 18.7 Å². The molecule has 1 N–H and O–H groups in total. The zero-order valence-corrected chi connectivity index (χ0v) is 13.6. The summed E-state index contributed by atoms with van der Waals surface area (Å²) in [7, 11) is 0. The molecule has 0 saturated carbocycles. The van der Waals surface area contributed by atoms with E-state index in [0.717, 1.165) is 18.8 Å². The molecule has 0 spiro atoms. The minimum absolute atomic E-state index is 0.0829. The maximum absolute atomic E-state index is 10.6. The zero-order chi connectivity index (χ0) is 15.1. The minimum atomic E-state index is -0.434. The van der Waals surface area contributed by atoms with Crippen molar-refractivity contribution in [2.75, 3.05) is 19.7 Å². The van der Waals surface area contributed by atoms with Crippen LogP contribution in [0.5, 0.6) is 5.75 Å². The first-order valence-electron chi connectivity index (χ1n) is 8.11. The number of rotatable bonds is 1. The van der Waals surface area contributed by atoms with E-state index in [1.54, 1.807) is 0 Å². The first kappa shape index (κ1) is 14.9. The quantitative estimate of drug-likeness (QED) is 0.862. The highest BCUT2D eigenvalue weighted by molar-refractivity contribution is 5.47. The van der Waals surface area contributed by atoms with Crippen molar-refractivity contribution in [1.82, 2.24) is 4.90 Å². The topological polar surface area (TPSA) is 32.7 Å². The van der Waals surface area contributed by atoms with Gasteiger partial charge in [-0.3, -0.25) is 4.90 Å². The molecular formula is C18H27NO2. The number of aliphatic hydroxyl groups excluding tert-OH is 1. The van der Waals surface area contributed by atoms with E-state index in [9.17, 15) is 5.11 Å². The predicted octanol–water partition coefficient (Wildman–Crippen LogP) is 3.08. The van der Waals surface area contributed by atoms with Gasteiger partial charge >= 0.3 is 0 Å². The molecule has 1 aromatic carbocycles. The molecule has 1 saturated heterocycles. The van der Waals surface area contributed by atoms with Crippen LogP contribution in [0.15, 0.2) is 12.1 Å². The number of fused-ring (bicyclic) bond motifs is 1. The van der Waals surface area contributed by atoms with Crippen molar-refractivity contribution in [2.45, 2.75) is 46.3 Å². The summed E-state index contributed by atoms with van der Waals surface area (Å²) in [5.74, 6) is 2.35. The molecule has 0 radical (unpaired) electrons. The lowest BCUT2D eigenvalue weighted by atomic mass is 9.86. The fourth-order valence-corrected chi connectivity index (χ4v) is 4.26. The first-order valence-corrected chi connectivity index (χ1v) is 8.11. The summed E-state index contributed by atoms with van der Waals surface area (Å²) >= 11 is 0. The number of piperidine rings is 1. The zero-order valence-electron chi connectivity index (χ0n) is 13.6. The molecule has 3 rings (SSSR count). The van der Waals surface area contributed by atoms with E-state index in [1.807, 2.05) is 0 Å². The van der Waals surface area contributed by atoms with Gasteiger partial charge in [-0.25, -0.2) is 0 Å². The van der Waals surface area contributed by atoms with E-state index in [4.69, 9.17) is 4.74 Å². The molecule has 116 valence electrons. The Morgan fingerprint density at radius 1 is 1.14 bits per heavy atom. The van der Waals surface area contributed by atoms with E-state index in [-0.39, 0.29) is 6.04 Å². The van der Waals surface area contributed by atoms with Gasteiger partial charge in [-0.05, 0) is 49.3 Å². The van der Waals surface area contributed by atoms with Crippen LogP contribution in [0, 0.1) is 25.7 Å². The van der Waals surface area contributed by atoms with Crippen molar-refractivity contribution in [3.05, 3.63) is 28.8 Å². The standard InChI is InChI=1S/C18H27NO2/c1-11-6-14(4)17-16(7-11)21-10-15(20)18(17)19-8-12(2)5-13(3)9-19/h6-7,12-13,15,18,20H,5,8-10H2,1-4H3. The molecular weight excluding hydrogens is 262 g/mol. The smallest absolute Gasteiger partial charge is 0.124 e. The summed E-state index contributed by atoms with van der Waals surface area (Å²) in [6, 6.07) is 4.39. The van der Waals surface area contributed by atoms with Crippen molar-refractivity contribution in [3.8, 4) is 5.75 Å². The molecule has 0 amide bonds. The van der Waals surface area contributed by atoms with Crippen LogP contribution in [0.25, 0.3) is 0 Å². The lowest BCUT2D eigenvalue weighted by Crippen LogP contribution is -2.48. The van der Waals surface area contributed by atoms with Crippen LogP contribution < -0.4 is 4.74 Å². The molecule has 4 atom stereocenters. The average molecular weight is 289 g/mol. The van der Waals surface area contributed by atoms with Crippen molar-refractivity contribution >= 4 is 0 Å². The first-order chi connectivity index (χ1) is 9.95. The van der Waals surface area contributed by atoms with Crippen molar-refractivity contribution < 1.29 is 9.84 Å². The third-order valence-corrected chi connectivity index (χ3v) is 4.85. The summed E-state index contributed by atoms with van der Waals surface area (Å²) < 4.78 is 5.80. The van der Waals surface area contributed by atoms with E-state index in [2.05, 4.69) is 44.7 Å². The number of hydrogen-bond donors (Lipinski definition) is 1. The highest BCUT2D eigenvalue weighted by Gasteiger charge is 2.38. The largest absolute Gasteiger partial charge is 0.490 e. The third kappa shape index (κ3) is 2.82. The number of hydrogen-bond acceptors (Lipinski definition) is 3. The second-order valence-electron chi connectivity index (χ2n) is 7.22. The Kier molecular flexibility index (Phi) is 3.98. The van der Waals surface area contributed by atoms with Gasteiger partial charge in [-0.1, -0.05) is 19.9 Å². The maximum Gasteiger partial charge on any atom is 0.124 e. The highest BCUT2D eigenvalue weighted by Crippen LogP contribution is 2.41. The Bertz CT molecular complexity index is 518. The Balaban J connectivity index is 1.99. The molecule has 4 unspecified atom stereocenters. The lowest BCUT2D eigenvalue weighted by Gasteiger charge is -2.44. The van der Waals surface area contributed by atoms with Gasteiger partial charge in [0.25, 0.3) is 0 Å². The Labute approximate surface area is 127 Å². The number of nitrogens with zero attached hydrogens (tertiary/aromatic N) is 1. The molecule has 3 nitrogen and oxygen atoms in total. The van der Waals surface area contributed by atoms with Gasteiger partial charge in [-0.15, -0.1) is 0 Å². The Morgan fingerprint density at radius 3 is 2.48 bits per heavy atom. The predicted molar refractivity (Wildman–Crippen MR) is 84.7 cm³/mol. The van der Waals surface area contributed by atoms with Crippen LogP contribution in [0.2, 0.25) is 0 Å². The van der Waals surface area contributed by atoms with Crippen LogP contribution >= 0.6 is 0 Å². The van der Waals surface area contributed by atoms with Crippen LogP contribution in [0.3, 0.4) is 0 Å². The minimum Gasteiger partial charge on any atom is -0.490 e. The van der Waals surface area contributed by atoms with Crippen molar-refractivity contribution in [2.24, 2.45) is 11.8 Å². The second-order valence-corrected chi connectivity index (χ2v) is 7.22. The van der Waals surface area contributed by atoms with Crippen molar-refractivity contribution in [3.63, 3.8) is 0 Å². The van der Waals surface area contributed by atoms with E-state index in [1.165, 1.54) is 23.1 Å². The maximum atomic E-state index is 10.6. The van der Waals surface area contributed by atoms with Gasteiger partial charge in [0.2, 0.25) is 0 Å². The van der Waals surface area contributed by atoms with E-state index in [0.29, 0.717) is 18.4 Å². The van der Waals surface area contributed by atoms with Gasteiger partial charge in [0.15, 0.2) is 0 Å². The second kappa shape index (κ2) is 5.62. The molecule has 2 aliphatic rings. The van der Waals surface area contributed by atoms with Gasteiger partial charge < -0.3 is 9.84 Å². The van der Waals surface area contributed by atoms with Gasteiger partial charge in [0.1, 0.15) is 18.5 Å². The monoisotopic (exact) mass is 289 g/mol. The summed E-state index contributed by atoms with van der Waals surface area (Å²) in [5.41, 5.74) is 3.65. The van der Waals surface area contributed by atoms with Crippen LogP contribution in [-0.4, -0.2) is 35.8 Å². The molecule has 2 aliphatic heterocycles. The van der Waals surface area contributed by atoms with Gasteiger partial charge in [-0.2, -0.15) is 0 Å². The molecule has 21 heavy (non-hydrogen) atoms. The molecule has 0 bridgehead atoms. The normalized spacial score (nSPS) is 33.4. The molecule has 0 aromatic heterocycles. The third-order valence-electron chi connectivity index (χ3n) is 4.85.